The summed E-state index contributed by atoms with van der Waals surface area (Å²) in [6.07, 6.45) is 0. The molecular formula is C15H13Cl2F2N. The van der Waals surface area contributed by atoms with Crippen LogP contribution in [0.4, 0.5) is 8.78 Å². The molecule has 0 saturated carbocycles. The fourth-order valence-electron chi connectivity index (χ4n) is 2.13. The molecule has 0 radical (unpaired) electrons. The maximum Gasteiger partial charge on any atom is 0.164 e. The van der Waals surface area contributed by atoms with Gasteiger partial charge in [0.05, 0.1) is 6.04 Å². The van der Waals surface area contributed by atoms with E-state index >= 15 is 0 Å². The van der Waals surface area contributed by atoms with Gasteiger partial charge in [0, 0.05) is 15.6 Å². The quantitative estimate of drug-likeness (QED) is 0.850. The smallest absolute Gasteiger partial charge is 0.164 e. The molecule has 0 fully saturated rings. The highest BCUT2D eigenvalue weighted by atomic mass is 35.5. The topological polar surface area (TPSA) is 12.0 Å². The summed E-state index contributed by atoms with van der Waals surface area (Å²) >= 11 is 11.9. The fraction of sp³-hybridized carbons (Fsp3) is 0.200. The van der Waals surface area contributed by atoms with E-state index in [1.807, 2.05) is 0 Å². The summed E-state index contributed by atoms with van der Waals surface area (Å²) < 4.78 is 27.8. The lowest BCUT2D eigenvalue weighted by Gasteiger charge is -2.19. The van der Waals surface area contributed by atoms with Gasteiger partial charge in [-0.25, -0.2) is 8.78 Å². The number of benzene rings is 2. The molecular weight excluding hydrogens is 303 g/mol. The van der Waals surface area contributed by atoms with Crippen molar-refractivity contribution in [2.75, 3.05) is 7.05 Å². The molecule has 0 spiro atoms. The number of hydrogen-bond donors (Lipinski definition) is 1. The van der Waals surface area contributed by atoms with E-state index in [0.717, 1.165) is 0 Å². The Morgan fingerprint density at radius 1 is 1.00 bits per heavy atom. The van der Waals surface area contributed by atoms with Crippen LogP contribution in [0.5, 0.6) is 0 Å². The van der Waals surface area contributed by atoms with Gasteiger partial charge in [0.1, 0.15) is 0 Å². The van der Waals surface area contributed by atoms with Gasteiger partial charge in [-0.05, 0) is 43.3 Å². The SMILES string of the molecule is CNC(c1cc(Cl)cc(Cl)c1)c1ccc(C)c(F)c1F. The highest BCUT2D eigenvalue weighted by Crippen LogP contribution is 2.30. The molecule has 106 valence electrons. The number of nitrogens with one attached hydrogen (secondary N) is 1. The first kappa shape index (κ1) is 15.2. The van der Waals surface area contributed by atoms with Gasteiger partial charge in [0.2, 0.25) is 0 Å². The summed E-state index contributed by atoms with van der Waals surface area (Å²) in [5.74, 6) is -1.70. The molecule has 1 N–H and O–H groups in total. The zero-order valence-electron chi connectivity index (χ0n) is 11.0. The summed E-state index contributed by atoms with van der Waals surface area (Å²) in [5.41, 5.74) is 1.16. The summed E-state index contributed by atoms with van der Waals surface area (Å²) in [6.45, 7) is 1.52. The first-order chi connectivity index (χ1) is 9.43. The average molecular weight is 316 g/mol. The van der Waals surface area contributed by atoms with Crippen molar-refractivity contribution in [2.24, 2.45) is 0 Å². The van der Waals surface area contributed by atoms with Crippen molar-refractivity contribution in [3.8, 4) is 0 Å². The molecule has 2 aromatic rings. The van der Waals surface area contributed by atoms with Gasteiger partial charge in [-0.1, -0.05) is 35.3 Å². The van der Waals surface area contributed by atoms with Crippen LogP contribution in [-0.2, 0) is 0 Å². The normalized spacial score (nSPS) is 12.5. The van der Waals surface area contributed by atoms with Crippen molar-refractivity contribution in [3.05, 3.63) is 68.7 Å². The van der Waals surface area contributed by atoms with Crippen molar-refractivity contribution in [1.29, 1.82) is 0 Å². The van der Waals surface area contributed by atoms with Crippen LogP contribution in [0.3, 0.4) is 0 Å². The summed E-state index contributed by atoms with van der Waals surface area (Å²) in [4.78, 5) is 0. The minimum Gasteiger partial charge on any atom is -0.309 e. The second-order valence-electron chi connectivity index (χ2n) is 4.52. The van der Waals surface area contributed by atoms with Crippen LogP contribution in [0.15, 0.2) is 30.3 Å². The van der Waals surface area contributed by atoms with Gasteiger partial charge in [0.25, 0.3) is 0 Å². The Morgan fingerprint density at radius 3 is 2.15 bits per heavy atom. The van der Waals surface area contributed by atoms with Crippen LogP contribution in [0, 0.1) is 18.6 Å². The van der Waals surface area contributed by atoms with Crippen molar-refractivity contribution in [3.63, 3.8) is 0 Å². The number of rotatable bonds is 3. The van der Waals surface area contributed by atoms with Gasteiger partial charge in [-0.2, -0.15) is 0 Å². The summed E-state index contributed by atoms with van der Waals surface area (Å²) in [7, 11) is 1.66. The maximum absolute atomic E-state index is 14.1. The lowest BCUT2D eigenvalue weighted by Crippen LogP contribution is -2.19. The molecule has 5 heteroatoms. The Kier molecular flexibility index (Phi) is 4.63. The number of aryl methyl sites for hydroxylation is 1. The minimum atomic E-state index is -0.861. The van der Waals surface area contributed by atoms with Crippen molar-refractivity contribution in [1.82, 2.24) is 5.32 Å². The molecule has 1 nitrogen and oxygen atoms in total. The highest BCUT2D eigenvalue weighted by molar-refractivity contribution is 6.34. The molecule has 1 atom stereocenters. The zero-order valence-corrected chi connectivity index (χ0v) is 12.5. The summed E-state index contributed by atoms with van der Waals surface area (Å²) in [6, 6.07) is 7.51. The highest BCUT2D eigenvalue weighted by Gasteiger charge is 2.20. The van der Waals surface area contributed by atoms with Gasteiger partial charge >= 0.3 is 0 Å². The van der Waals surface area contributed by atoms with Gasteiger partial charge < -0.3 is 5.32 Å². The first-order valence-corrected chi connectivity index (χ1v) is 6.77. The molecule has 2 rings (SSSR count). The second kappa shape index (κ2) is 6.08. The minimum absolute atomic E-state index is 0.217. The van der Waals surface area contributed by atoms with Crippen LogP contribution >= 0.6 is 23.2 Å². The molecule has 0 saturated heterocycles. The zero-order chi connectivity index (χ0) is 14.9. The molecule has 2 aromatic carbocycles. The van der Waals surface area contributed by atoms with E-state index in [-0.39, 0.29) is 11.1 Å². The predicted octanol–water partition coefficient (Wildman–Crippen LogP) is 4.89. The van der Waals surface area contributed by atoms with Crippen LogP contribution < -0.4 is 5.32 Å². The Labute approximate surface area is 126 Å². The number of halogens is 4. The molecule has 1 unspecified atom stereocenters. The third-order valence-corrected chi connectivity index (χ3v) is 3.56. The molecule has 0 aliphatic rings. The third-order valence-electron chi connectivity index (χ3n) is 3.12. The molecule has 0 bridgehead atoms. The van der Waals surface area contributed by atoms with Gasteiger partial charge in [-0.3, -0.25) is 0 Å². The molecule has 0 aliphatic carbocycles. The van der Waals surface area contributed by atoms with E-state index in [1.54, 1.807) is 37.4 Å². The monoisotopic (exact) mass is 315 g/mol. The lowest BCUT2D eigenvalue weighted by atomic mass is 9.97. The van der Waals surface area contributed by atoms with Crippen LogP contribution in [0.25, 0.3) is 0 Å². The van der Waals surface area contributed by atoms with E-state index in [4.69, 9.17) is 23.2 Å². The van der Waals surface area contributed by atoms with E-state index in [9.17, 15) is 8.78 Å². The van der Waals surface area contributed by atoms with Crippen molar-refractivity contribution < 1.29 is 8.78 Å². The largest absolute Gasteiger partial charge is 0.309 e. The molecule has 0 heterocycles. The van der Waals surface area contributed by atoms with E-state index in [0.29, 0.717) is 15.6 Å². The Bertz CT molecular complexity index is 624. The predicted molar refractivity (Wildman–Crippen MR) is 78.5 cm³/mol. The maximum atomic E-state index is 14.1. The lowest BCUT2D eigenvalue weighted by molar-refractivity contribution is 0.482. The average Bonchev–Trinajstić information content (AvgIpc) is 2.38. The Balaban J connectivity index is 2.55. The van der Waals surface area contributed by atoms with Crippen LogP contribution in [0.1, 0.15) is 22.7 Å². The van der Waals surface area contributed by atoms with Crippen molar-refractivity contribution in [2.45, 2.75) is 13.0 Å². The Hall–Kier alpha value is -1.16. The van der Waals surface area contributed by atoms with Gasteiger partial charge in [0.15, 0.2) is 11.6 Å². The van der Waals surface area contributed by atoms with Crippen LogP contribution in [-0.4, -0.2) is 7.05 Å². The Morgan fingerprint density at radius 2 is 1.60 bits per heavy atom. The molecule has 0 aromatic heterocycles. The third kappa shape index (κ3) is 2.95. The van der Waals surface area contributed by atoms with Gasteiger partial charge in [-0.15, -0.1) is 0 Å². The van der Waals surface area contributed by atoms with Crippen LogP contribution in [0.2, 0.25) is 10.0 Å². The summed E-state index contributed by atoms with van der Waals surface area (Å²) in [5, 5.41) is 3.84. The first-order valence-electron chi connectivity index (χ1n) is 6.01. The second-order valence-corrected chi connectivity index (χ2v) is 5.40. The molecule has 0 amide bonds. The molecule has 20 heavy (non-hydrogen) atoms. The number of hydrogen-bond acceptors (Lipinski definition) is 1. The van der Waals surface area contributed by atoms with E-state index in [2.05, 4.69) is 5.32 Å². The molecule has 0 aliphatic heterocycles. The fourth-order valence-corrected chi connectivity index (χ4v) is 2.67. The van der Waals surface area contributed by atoms with E-state index < -0.39 is 17.7 Å². The van der Waals surface area contributed by atoms with Crippen molar-refractivity contribution >= 4 is 23.2 Å². The van der Waals surface area contributed by atoms with E-state index in [1.165, 1.54) is 6.92 Å². The standard InChI is InChI=1S/C15H13Cl2F2N/c1-8-3-4-12(14(19)13(8)18)15(20-2)9-5-10(16)7-11(17)6-9/h3-7,15,20H,1-2H3.